The van der Waals surface area contributed by atoms with Crippen LogP contribution in [0.25, 0.3) is 5.52 Å². The first-order chi connectivity index (χ1) is 14.6. The van der Waals surface area contributed by atoms with Gasteiger partial charge in [-0.05, 0) is 25.0 Å². The van der Waals surface area contributed by atoms with Crippen molar-refractivity contribution in [1.29, 1.82) is 0 Å². The quantitative estimate of drug-likeness (QED) is 0.796. The van der Waals surface area contributed by atoms with Gasteiger partial charge in [-0.3, -0.25) is 9.69 Å². The number of morpholine rings is 1. The largest absolute Gasteiger partial charge is 0.379 e. The second kappa shape index (κ2) is 9.01. The summed E-state index contributed by atoms with van der Waals surface area (Å²) in [5.74, 6) is 0.568. The highest BCUT2D eigenvalue weighted by molar-refractivity contribution is 5.99. The predicted octanol–water partition coefficient (Wildman–Crippen LogP) is 1.21. The number of aromatic nitrogens is 2. The molecule has 0 aromatic carbocycles. The van der Waals surface area contributed by atoms with Gasteiger partial charge in [0.25, 0.3) is 5.91 Å². The van der Waals surface area contributed by atoms with Gasteiger partial charge in [0.15, 0.2) is 5.69 Å². The predicted molar refractivity (Wildman–Crippen MR) is 113 cm³/mol. The Morgan fingerprint density at radius 1 is 1.23 bits per heavy atom. The van der Waals surface area contributed by atoms with E-state index in [2.05, 4.69) is 10.2 Å². The average Bonchev–Trinajstić information content (AvgIpc) is 3.38. The number of urea groups is 1. The molecule has 2 saturated heterocycles. The Bertz CT molecular complexity index is 905. The number of likely N-dealkylation sites (tertiary alicyclic amines) is 1. The molecule has 9 nitrogen and oxygen atoms in total. The van der Waals surface area contributed by atoms with E-state index >= 15 is 0 Å². The smallest absolute Gasteiger partial charge is 0.320 e. The lowest BCUT2D eigenvalue weighted by molar-refractivity contribution is 0.0383. The second-order valence-corrected chi connectivity index (χ2v) is 8.01. The Morgan fingerprint density at radius 2 is 2.03 bits per heavy atom. The van der Waals surface area contributed by atoms with Crippen LogP contribution in [0.4, 0.5) is 4.79 Å². The molecule has 0 bridgehead atoms. The van der Waals surface area contributed by atoms with E-state index in [1.54, 1.807) is 19.0 Å². The molecule has 1 N–H and O–H groups in total. The van der Waals surface area contributed by atoms with Crippen molar-refractivity contribution in [2.24, 2.45) is 0 Å². The molecule has 9 heteroatoms. The van der Waals surface area contributed by atoms with Gasteiger partial charge in [0, 0.05) is 53.0 Å². The highest BCUT2D eigenvalue weighted by Gasteiger charge is 2.34. The van der Waals surface area contributed by atoms with Crippen molar-refractivity contribution < 1.29 is 14.3 Å². The van der Waals surface area contributed by atoms with Crippen LogP contribution in [0, 0.1) is 0 Å². The van der Waals surface area contributed by atoms with E-state index in [-0.39, 0.29) is 18.0 Å². The van der Waals surface area contributed by atoms with E-state index in [4.69, 9.17) is 9.72 Å². The number of nitrogens with zero attached hydrogens (tertiary/aromatic N) is 5. The third-order valence-electron chi connectivity index (χ3n) is 5.79. The Labute approximate surface area is 176 Å². The molecular weight excluding hydrogens is 384 g/mol. The Morgan fingerprint density at radius 3 is 2.80 bits per heavy atom. The molecule has 0 radical (unpaired) electrons. The number of imidazole rings is 1. The molecule has 162 valence electrons. The van der Waals surface area contributed by atoms with Crippen molar-refractivity contribution >= 4 is 17.5 Å². The molecule has 30 heavy (non-hydrogen) atoms. The standard InChI is InChI=1S/C21H30N6O3/c1-24(2)21(29)27-10-5-7-17(27)19-23-18(16-6-3-4-9-26(16)19)20(28)22-8-11-25-12-14-30-15-13-25/h3-4,6,9,17H,5,7-8,10-15H2,1-2H3,(H,22,28). The van der Waals surface area contributed by atoms with Crippen molar-refractivity contribution in [3.63, 3.8) is 0 Å². The SMILES string of the molecule is CN(C)C(=O)N1CCCC1c1nc(C(=O)NCCN2CCOCC2)c2ccccn12. The van der Waals surface area contributed by atoms with Crippen molar-refractivity contribution in [3.05, 3.63) is 35.9 Å². The molecule has 4 rings (SSSR count). The van der Waals surface area contributed by atoms with Gasteiger partial charge in [-0.2, -0.15) is 0 Å². The normalized spacial score (nSPS) is 19.9. The first-order valence-corrected chi connectivity index (χ1v) is 10.6. The third kappa shape index (κ3) is 4.13. The minimum Gasteiger partial charge on any atom is -0.379 e. The zero-order valence-corrected chi connectivity index (χ0v) is 17.7. The van der Waals surface area contributed by atoms with Gasteiger partial charge >= 0.3 is 6.03 Å². The van der Waals surface area contributed by atoms with Gasteiger partial charge in [0.1, 0.15) is 5.82 Å². The van der Waals surface area contributed by atoms with Crippen LogP contribution in [0.5, 0.6) is 0 Å². The number of carbonyl (C=O) groups excluding carboxylic acids is 2. The van der Waals surface area contributed by atoms with E-state index in [9.17, 15) is 9.59 Å². The van der Waals surface area contributed by atoms with Crippen LogP contribution >= 0.6 is 0 Å². The number of hydrogen-bond donors (Lipinski definition) is 1. The minimum atomic E-state index is -0.179. The molecule has 2 fully saturated rings. The van der Waals surface area contributed by atoms with Crippen molar-refractivity contribution in [1.82, 2.24) is 29.4 Å². The molecule has 0 aliphatic carbocycles. The molecule has 1 atom stereocenters. The first-order valence-electron chi connectivity index (χ1n) is 10.6. The third-order valence-corrected chi connectivity index (χ3v) is 5.79. The number of ether oxygens (including phenoxy) is 1. The van der Waals surface area contributed by atoms with Crippen LogP contribution in [0.2, 0.25) is 0 Å². The van der Waals surface area contributed by atoms with Crippen molar-refractivity contribution in [2.45, 2.75) is 18.9 Å². The summed E-state index contributed by atoms with van der Waals surface area (Å²) in [5.41, 5.74) is 1.18. The molecule has 3 amide bonds. The number of pyridine rings is 1. The molecule has 0 saturated carbocycles. The molecule has 0 spiro atoms. The molecule has 2 aliphatic rings. The lowest BCUT2D eigenvalue weighted by Gasteiger charge is -2.27. The van der Waals surface area contributed by atoms with Crippen LogP contribution in [0.1, 0.15) is 35.2 Å². The van der Waals surface area contributed by atoms with Crippen LogP contribution in [-0.2, 0) is 4.74 Å². The summed E-state index contributed by atoms with van der Waals surface area (Å²) in [4.78, 5) is 36.0. The maximum absolute atomic E-state index is 12.9. The second-order valence-electron chi connectivity index (χ2n) is 8.01. The molecule has 1 unspecified atom stereocenters. The van der Waals surface area contributed by atoms with Crippen LogP contribution in [-0.4, -0.2) is 96.1 Å². The summed E-state index contributed by atoms with van der Waals surface area (Å²) < 4.78 is 7.31. The van der Waals surface area contributed by atoms with Gasteiger partial charge < -0.3 is 24.3 Å². The zero-order valence-electron chi connectivity index (χ0n) is 17.7. The molecule has 2 aliphatic heterocycles. The number of hydrogen-bond acceptors (Lipinski definition) is 5. The number of fused-ring (bicyclic) bond motifs is 1. The Kier molecular flexibility index (Phi) is 6.19. The first kappa shape index (κ1) is 20.6. The van der Waals surface area contributed by atoms with Gasteiger partial charge in [-0.1, -0.05) is 6.07 Å². The van der Waals surface area contributed by atoms with Gasteiger partial charge in [0.2, 0.25) is 0 Å². The summed E-state index contributed by atoms with van der Waals surface area (Å²) in [6, 6.07) is 5.57. The maximum atomic E-state index is 12.9. The van der Waals surface area contributed by atoms with Gasteiger partial charge in [0.05, 0.1) is 24.8 Å². The number of carbonyl (C=O) groups is 2. The highest BCUT2D eigenvalue weighted by Crippen LogP contribution is 2.33. The maximum Gasteiger partial charge on any atom is 0.320 e. The highest BCUT2D eigenvalue weighted by atomic mass is 16.5. The summed E-state index contributed by atoms with van der Waals surface area (Å²) in [7, 11) is 3.52. The van der Waals surface area contributed by atoms with E-state index in [1.165, 1.54) is 0 Å². The average molecular weight is 415 g/mol. The summed E-state index contributed by atoms with van der Waals surface area (Å²) >= 11 is 0. The van der Waals surface area contributed by atoms with E-state index in [0.717, 1.165) is 57.0 Å². The topological polar surface area (TPSA) is 82.4 Å². The zero-order chi connectivity index (χ0) is 21.1. The van der Waals surface area contributed by atoms with Crippen molar-refractivity contribution in [3.8, 4) is 0 Å². The summed E-state index contributed by atoms with van der Waals surface area (Å²) in [6.45, 7) is 5.33. The summed E-state index contributed by atoms with van der Waals surface area (Å²) in [5, 5.41) is 3.01. The minimum absolute atomic E-state index is 0.0262. The molecule has 2 aromatic heterocycles. The van der Waals surface area contributed by atoms with E-state index < -0.39 is 0 Å². The fraction of sp³-hybridized carbons (Fsp3) is 0.571. The van der Waals surface area contributed by atoms with E-state index in [0.29, 0.717) is 18.8 Å². The lowest BCUT2D eigenvalue weighted by Crippen LogP contribution is -2.41. The molecular formula is C21H30N6O3. The van der Waals surface area contributed by atoms with Gasteiger partial charge in [-0.25, -0.2) is 9.78 Å². The monoisotopic (exact) mass is 414 g/mol. The number of rotatable bonds is 5. The number of nitrogens with one attached hydrogen (secondary N) is 1. The summed E-state index contributed by atoms with van der Waals surface area (Å²) in [6.07, 6.45) is 3.68. The Hall–Kier alpha value is -2.65. The van der Waals surface area contributed by atoms with Crippen LogP contribution in [0.3, 0.4) is 0 Å². The van der Waals surface area contributed by atoms with Crippen LogP contribution in [0.15, 0.2) is 24.4 Å². The van der Waals surface area contributed by atoms with Crippen LogP contribution < -0.4 is 5.32 Å². The molecule has 2 aromatic rings. The van der Waals surface area contributed by atoms with Gasteiger partial charge in [-0.15, -0.1) is 0 Å². The fourth-order valence-electron chi connectivity index (χ4n) is 4.22. The number of amides is 3. The molecule has 4 heterocycles. The van der Waals surface area contributed by atoms with E-state index in [1.807, 2.05) is 33.7 Å². The van der Waals surface area contributed by atoms with Crippen molar-refractivity contribution in [2.75, 3.05) is 60.0 Å². The Balaban J connectivity index is 1.53. The lowest BCUT2D eigenvalue weighted by atomic mass is 10.2. The fourth-order valence-corrected chi connectivity index (χ4v) is 4.22.